The molecule has 4 rings (SSSR count). The van der Waals surface area contributed by atoms with Crippen molar-refractivity contribution < 1.29 is 9.59 Å². The second-order valence-electron chi connectivity index (χ2n) is 6.62. The number of nitrogens with one attached hydrogen (secondary N) is 1. The minimum Gasteiger partial charge on any atom is -0.342 e. The van der Waals surface area contributed by atoms with E-state index in [4.69, 9.17) is 0 Å². The number of fused-ring (bicyclic) bond motifs is 1. The minimum absolute atomic E-state index is 0.138. The summed E-state index contributed by atoms with van der Waals surface area (Å²) in [5.74, 6) is -0.0840. The molecule has 2 aromatic rings. The molecule has 1 aromatic carbocycles. The van der Waals surface area contributed by atoms with Gasteiger partial charge in [0.25, 0.3) is 5.91 Å². The summed E-state index contributed by atoms with van der Waals surface area (Å²) in [7, 11) is 0. The lowest BCUT2D eigenvalue weighted by Gasteiger charge is -2.25. The molecule has 0 saturated carbocycles. The number of amides is 2. The van der Waals surface area contributed by atoms with Crippen LogP contribution in [-0.2, 0) is 11.2 Å². The molecule has 1 aliphatic heterocycles. The summed E-state index contributed by atoms with van der Waals surface area (Å²) in [6.45, 7) is 1.73. The van der Waals surface area contributed by atoms with Crippen LogP contribution in [0.3, 0.4) is 0 Å². The van der Waals surface area contributed by atoms with Gasteiger partial charge in [-0.15, -0.1) is 11.3 Å². The molecule has 1 N–H and O–H groups in total. The lowest BCUT2D eigenvalue weighted by molar-refractivity contribution is -0.132. The van der Waals surface area contributed by atoms with Gasteiger partial charge >= 0.3 is 0 Å². The molecule has 1 saturated heterocycles. The summed E-state index contributed by atoms with van der Waals surface area (Å²) in [5, 5.41) is 3.49. The number of likely N-dealkylation sites (tertiary alicyclic amines) is 1. The van der Waals surface area contributed by atoms with E-state index < -0.39 is 0 Å². The third-order valence-corrected chi connectivity index (χ3v) is 5.97. The van der Waals surface area contributed by atoms with Crippen LogP contribution in [0.5, 0.6) is 0 Å². The van der Waals surface area contributed by atoms with E-state index in [0.29, 0.717) is 10.7 Å². The van der Waals surface area contributed by atoms with Gasteiger partial charge in [-0.25, -0.2) is 4.98 Å². The van der Waals surface area contributed by atoms with Crippen LogP contribution < -0.4 is 5.32 Å². The Labute approximate surface area is 151 Å². The van der Waals surface area contributed by atoms with Gasteiger partial charge in [-0.05, 0) is 44.2 Å². The molecular weight excluding hydrogens is 334 g/mol. The maximum absolute atomic E-state index is 12.8. The summed E-state index contributed by atoms with van der Waals surface area (Å²) in [6.07, 6.45) is 5.00. The first-order valence-corrected chi connectivity index (χ1v) is 9.69. The van der Waals surface area contributed by atoms with Crippen molar-refractivity contribution in [2.45, 2.75) is 38.0 Å². The van der Waals surface area contributed by atoms with Gasteiger partial charge in [-0.3, -0.25) is 14.9 Å². The molecule has 5 nitrogen and oxygen atoms in total. The van der Waals surface area contributed by atoms with Gasteiger partial charge in [-0.1, -0.05) is 18.2 Å². The zero-order valence-electron chi connectivity index (χ0n) is 14.0. The standard InChI is InChI=1S/C19H21N3O2S/c23-17(13-7-2-1-3-8-13)21-19-20-16-14(9-6-10-15(16)25-19)18(24)22-11-4-5-12-22/h1-3,7-8,14H,4-6,9-12H2,(H,20,21,23). The zero-order chi connectivity index (χ0) is 17.2. The van der Waals surface area contributed by atoms with Crippen molar-refractivity contribution in [3.63, 3.8) is 0 Å². The third kappa shape index (κ3) is 3.31. The number of hydrogen-bond acceptors (Lipinski definition) is 4. The van der Waals surface area contributed by atoms with Crippen LogP contribution >= 0.6 is 11.3 Å². The van der Waals surface area contributed by atoms with Gasteiger partial charge in [0.1, 0.15) is 0 Å². The SMILES string of the molecule is O=C(Nc1nc2c(s1)CCCC2C(=O)N1CCCC1)c1ccccc1. The highest BCUT2D eigenvalue weighted by Gasteiger charge is 2.34. The number of carbonyl (C=O) groups excluding carboxylic acids is 2. The Morgan fingerprint density at radius 1 is 1.12 bits per heavy atom. The number of rotatable bonds is 3. The molecule has 130 valence electrons. The molecule has 1 aromatic heterocycles. The number of benzene rings is 1. The molecule has 25 heavy (non-hydrogen) atoms. The lowest BCUT2D eigenvalue weighted by atomic mass is 9.90. The van der Waals surface area contributed by atoms with E-state index >= 15 is 0 Å². The molecular formula is C19H21N3O2S. The smallest absolute Gasteiger partial charge is 0.257 e. The zero-order valence-corrected chi connectivity index (χ0v) is 14.8. The third-order valence-electron chi connectivity index (χ3n) is 4.93. The fourth-order valence-corrected chi connectivity index (χ4v) is 4.69. The second kappa shape index (κ2) is 6.96. The molecule has 0 spiro atoms. The summed E-state index contributed by atoms with van der Waals surface area (Å²) in [4.78, 5) is 32.9. The average Bonchev–Trinajstić information content (AvgIpc) is 3.31. The predicted molar refractivity (Wildman–Crippen MR) is 98.0 cm³/mol. The largest absolute Gasteiger partial charge is 0.342 e. The second-order valence-corrected chi connectivity index (χ2v) is 7.71. The highest BCUT2D eigenvalue weighted by molar-refractivity contribution is 7.15. The van der Waals surface area contributed by atoms with Gasteiger partial charge in [0.15, 0.2) is 5.13 Å². The van der Waals surface area contributed by atoms with E-state index in [0.717, 1.165) is 55.8 Å². The molecule has 2 heterocycles. The van der Waals surface area contributed by atoms with Crippen molar-refractivity contribution in [2.75, 3.05) is 18.4 Å². The van der Waals surface area contributed by atoms with Gasteiger partial charge in [0.05, 0.1) is 11.6 Å². The summed E-state index contributed by atoms with van der Waals surface area (Å²) >= 11 is 1.51. The average molecular weight is 355 g/mol. The summed E-state index contributed by atoms with van der Waals surface area (Å²) in [6, 6.07) is 9.12. The number of aryl methyl sites for hydroxylation is 1. The van der Waals surface area contributed by atoms with Gasteiger partial charge in [0, 0.05) is 23.5 Å². The lowest BCUT2D eigenvalue weighted by Crippen LogP contribution is -2.34. The molecule has 0 radical (unpaired) electrons. The van der Waals surface area contributed by atoms with Crippen molar-refractivity contribution in [3.05, 3.63) is 46.5 Å². The predicted octanol–water partition coefficient (Wildman–Crippen LogP) is 3.44. The number of anilines is 1. The van der Waals surface area contributed by atoms with Crippen LogP contribution in [0.25, 0.3) is 0 Å². The minimum atomic E-state index is -0.158. The molecule has 1 atom stereocenters. The summed E-state index contributed by atoms with van der Waals surface area (Å²) in [5.41, 5.74) is 1.50. The van der Waals surface area contributed by atoms with Gasteiger partial charge in [0.2, 0.25) is 5.91 Å². The highest BCUT2D eigenvalue weighted by Crippen LogP contribution is 2.38. The van der Waals surface area contributed by atoms with Crippen LogP contribution in [0.2, 0.25) is 0 Å². The summed E-state index contributed by atoms with van der Waals surface area (Å²) < 4.78 is 0. The molecule has 2 amide bonds. The Morgan fingerprint density at radius 2 is 1.88 bits per heavy atom. The van der Waals surface area contributed by atoms with Crippen molar-refractivity contribution >= 4 is 28.3 Å². The number of aromatic nitrogens is 1. The van der Waals surface area contributed by atoms with E-state index in [1.165, 1.54) is 11.3 Å². The first-order valence-electron chi connectivity index (χ1n) is 8.87. The fraction of sp³-hybridized carbons (Fsp3) is 0.421. The van der Waals surface area contributed by atoms with Crippen LogP contribution in [0.4, 0.5) is 5.13 Å². The fourth-order valence-electron chi connectivity index (χ4n) is 3.63. The first kappa shape index (κ1) is 16.3. The van der Waals surface area contributed by atoms with Crippen molar-refractivity contribution in [1.82, 2.24) is 9.88 Å². The molecule has 1 aliphatic carbocycles. The van der Waals surface area contributed by atoms with Crippen LogP contribution in [0.15, 0.2) is 30.3 Å². The maximum Gasteiger partial charge on any atom is 0.257 e. The van der Waals surface area contributed by atoms with Crippen LogP contribution in [-0.4, -0.2) is 34.8 Å². The van der Waals surface area contributed by atoms with Crippen molar-refractivity contribution in [2.24, 2.45) is 0 Å². The van der Waals surface area contributed by atoms with Crippen LogP contribution in [0, 0.1) is 0 Å². The van der Waals surface area contributed by atoms with Crippen molar-refractivity contribution in [1.29, 1.82) is 0 Å². The molecule has 1 fully saturated rings. The quantitative estimate of drug-likeness (QED) is 0.917. The van der Waals surface area contributed by atoms with Crippen LogP contribution in [0.1, 0.15) is 52.5 Å². The van der Waals surface area contributed by atoms with E-state index in [1.807, 2.05) is 23.1 Å². The Bertz CT molecular complexity index is 781. The number of nitrogens with zero attached hydrogens (tertiary/aromatic N) is 2. The topological polar surface area (TPSA) is 62.3 Å². The Kier molecular flexibility index (Phi) is 4.53. The molecule has 2 aliphatic rings. The molecule has 0 bridgehead atoms. The van der Waals surface area contributed by atoms with E-state index in [2.05, 4.69) is 10.3 Å². The normalized spacial score (nSPS) is 19.5. The first-order chi connectivity index (χ1) is 12.2. The Hall–Kier alpha value is -2.21. The van der Waals surface area contributed by atoms with Gasteiger partial charge in [-0.2, -0.15) is 0 Å². The number of carbonyl (C=O) groups is 2. The van der Waals surface area contributed by atoms with E-state index in [1.54, 1.807) is 12.1 Å². The van der Waals surface area contributed by atoms with Gasteiger partial charge < -0.3 is 4.90 Å². The maximum atomic E-state index is 12.8. The Balaban J connectivity index is 1.53. The molecule has 1 unspecified atom stereocenters. The number of thiazole rings is 1. The number of hydrogen-bond donors (Lipinski definition) is 1. The molecule has 6 heteroatoms. The monoisotopic (exact) mass is 355 g/mol. The van der Waals surface area contributed by atoms with Crippen molar-refractivity contribution in [3.8, 4) is 0 Å². The Morgan fingerprint density at radius 3 is 2.64 bits per heavy atom. The van der Waals surface area contributed by atoms with E-state index in [9.17, 15) is 9.59 Å². The highest BCUT2D eigenvalue weighted by atomic mass is 32.1. The van der Waals surface area contributed by atoms with E-state index in [-0.39, 0.29) is 17.7 Å².